The summed E-state index contributed by atoms with van der Waals surface area (Å²) in [6.45, 7) is 0. The summed E-state index contributed by atoms with van der Waals surface area (Å²) in [6.07, 6.45) is -0.246. The summed E-state index contributed by atoms with van der Waals surface area (Å²) in [7, 11) is 1.82. The Bertz CT molecular complexity index is 574. The van der Waals surface area contributed by atoms with Crippen LogP contribution in [0.2, 0.25) is 0 Å². The average Bonchev–Trinajstić information content (AvgIpc) is 2.87. The molecule has 1 atom stereocenters. The van der Waals surface area contributed by atoms with Crippen LogP contribution < -0.4 is 10.7 Å². The van der Waals surface area contributed by atoms with Gasteiger partial charge in [-0.15, -0.1) is 5.10 Å². The quantitative estimate of drug-likeness (QED) is 0.819. The van der Waals surface area contributed by atoms with E-state index in [4.69, 9.17) is 4.74 Å². The molecular formula is C13H13N3O. The van der Waals surface area contributed by atoms with Crippen LogP contribution in [0.15, 0.2) is 47.6 Å². The van der Waals surface area contributed by atoms with Crippen LogP contribution in [0.4, 0.5) is 0 Å². The number of rotatable bonds is 2. The van der Waals surface area contributed by atoms with Crippen LogP contribution in [0, 0.1) is 0 Å². The van der Waals surface area contributed by atoms with Gasteiger partial charge < -0.3 is 4.74 Å². The molecule has 0 saturated heterocycles. The van der Waals surface area contributed by atoms with E-state index in [9.17, 15) is 0 Å². The van der Waals surface area contributed by atoms with Crippen molar-refractivity contribution >= 4 is 16.7 Å². The molecule has 0 aliphatic carbocycles. The van der Waals surface area contributed by atoms with Gasteiger partial charge in [0, 0.05) is 5.56 Å². The molecule has 1 unspecified atom stereocenters. The first-order valence-corrected chi connectivity index (χ1v) is 5.54. The van der Waals surface area contributed by atoms with Crippen molar-refractivity contribution in [1.29, 1.82) is 0 Å². The van der Waals surface area contributed by atoms with Gasteiger partial charge in [0.15, 0.2) is 0 Å². The summed E-state index contributed by atoms with van der Waals surface area (Å²) < 4.78 is 5.63. The molecule has 0 bridgehead atoms. The third-order valence-electron chi connectivity index (χ3n) is 2.80. The fraction of sp³-hybridized carbons (Fsp3) is 0.154. The second kappa shape index (κ2) is 4.07. The fourth-order valence-corrected chi connectivity index (χ4v) is 1.94. The topological polar surface area (TPSA) is 45.7 Å². The molecule has 2 aromatic carbocycles. The lowest BCUT2D eigenvalue weighted by Crippen LogP contribution is -2.35. The number of nitrogens with zero attached hydrogens (tertiary/aromatic N) is 1. The summed E-state index contributed by atoms with van der Waals surface area (Å²) in [5.41, 5.74) is 3.88. The number of hydrogen-bond acceptors (Lipinski definition) is 4. The Morgan fingerprint density at radius 2 is 2.00 bits per heavy atom. The Morgan fingerprint density at radius 3 is 2.82 bits per heavy atom. The van der Waals surface area contributed by atoms with Crippen LogP contribution in [0.25, 0.3) is 10.8 Å². The minimum Gasteiger partial charge on any atom is -0.437 e. The SMILES string of the molecule is CNC1NN=C(c2cccc3ccccc23)O1. The van der Waals surface area contributed by atoms with E-state index >= 15 is 0 Å². The monoisotopic (exact) mass is 227 g/mol. The summed E-state index contributed by atoms with van der Waals surface area (Å²) in [6, 6.07) is 14.3. The highest BCUT2D eigenvalue weighted by atomic mass is 16.5. The average molecular weight is 227 g/mol. The highest BCUT2D eigenvalue weighted by Gasteiger charge is 2.19. The predicted octanol–water partition coefficient (Wildman–Crippen LogP) is 1.62. The van der Waals surface area contributed by atoms with E-state index < -0.39 is 0 Å². The number of ether oxygens (including phenoxy) is 1. The van der Waals surface area contributed by atoms with E-state index in [2.05, 4.69) is 34.0 Å². The lowest BCUT2D eigenvalue weighted by molar-refractivity contribution is 0.159. The lowest BCUT2D eigenvalue weighted by atomic mass is 10.0. The van der Waals surface area contributed by atoms with Gasteiger partial charge in [-0.05, 0) is 23.9 Å². The molecule has 0 fully saturated rings. The summed E-state index contributed by atoms with van der Waals surface area (Å²) in [4.78, 5) is 0. The second-order valence-corrected chi connectivity index (χ2v) is 3.86. The third-order valence-corrected chi connectivity index (χ3v) is 2.80. The fourth-order valence-electron chi connectivity index (χ4n) is 1.94. The summed E-state index contributed by atoms with van der Waals surface area (Å²) >= 11 is 0. The normalized spacial score (nSPS) is 18.6. The Kier molecular flexibility index (Phi) is 2.42. The molecule has 17 heavy (non-hydrogen) atoms. The minimum atomic E-state index is -0.246. The van der Waals surface area contributed by atoms with Gasteiger partial charge in [-0.1, -0.05) is 36.4 Å². The van der Waals surface area contributed by atoms with Gasteiger partial charge >= 0.3 is 0 Å². The first-order valence-electron chi connectivity index (χ1n) is 5.54. The first kappa shape index (κ1) is 10.1. The van der Waals surface area contributed by atoms with E-state index in [1.807, 2.05) is 31.3 Å². The van der Waals surface area contributed by atoms with Crippen LogP contribution in [-0.4, -0.2) is 19.3 Å². The molecule has 0 saturated carbocycles. The molecule has 2 N–H and O–H groups in total. The molecule has 4 heteroatoms. The van der Waals surface area contributed by atoms with Crippen molar-refractivity contribution in [2.45, 2.75) is 6.35 Å². The highest BCUT2D eigenvalue weighted by molar-refractivity contribution is 6.07. The van der Waals surface area contributed by atoms with Crippen molar-refractivity contribution in [3.63, 3.8) is 0 Å². The second-order valence-electron chi connectivity index (χ2n) is 3.86. The number of benzene rings is 2. The zero-order valence-corrected chi connectivity index (χ0v) is 9.47. The zero-order valence-electron chi connectivity index (χ0n) is 9.47. The highest BCUT2D eigenvalue weighted by Crippen LogP contribution is 2.20. The first-order chi connectivity index (χ1) is 8.38. The molecule has 86 valence electrons. The molecule has 4 nitrogen and oxygen atoms in total. The molecule has 0 aromatic heterocycles. The molecule has 1 aliphatic rings. The van der Waals surface area contributed by atoms with E-state index in [1.165, 1.54) is 5.39 Å². The molecule has 0 amide bonds. The summed E-state index contributed by atoms with van der Waals surface area (Å²) in [5, 5.41) is 9.48. The Labute approximate surface area is 99.3 Å². The largest absolute Gasteiger partial charge is 0.437 e. The van der Waals surface area contributed by atoms with E-state index in [1.54, 1.807) is 0 Å². The maximum absolute atomic E-state index is 5.63. The molecule has 1 aliphatic heterocycles. The Hall–Kier alpha value is -2.07. The van der Waals surface area contributed by atoms with E-state index in [0.29, 0.717) is 5.90 Å². The third kappa shape index (κ3) is 1.72. The van der Waals surface area contributed by atoms with Crippen molar-refractivity contribution in [3.05, 3.63) is 48.0 Å². The molecule has 2 aromatic rings. The zero-order chi connectivity index (χ0) is 11.7. The van der Waals surface area contributed by atoms with Crippen LogP contribution in [0.5, 0.6) is 0 Å². The molecule has 0 spiro atoms. The van der Waals surface area contributed by atoms with E-state index in [-0.39, 0.29) is 6.35 Å². The van der Waals surface area contributed by atoms with Gasteiger partial charge in [-0.25, -0.2) is 0 Å². The molecular weight excluding hydrogens is 214 g/mol. The van der Waals surface area contributed by atoms with Gasteiger partial charge in [0.2, 0.25) is 12.2 Å². The lowest BCUT2D eigenvalue weighted by Gasteiger charge is -2.10. The van der Waals surface area contributed by atoms with Crippen molar-refractivity contribution in [2.24, 2.45) is 5.10 Å². The van der Waals surface area contributed by atoms with Crippen LogP contribution >= 0.6 is 0 Å². The van der Waals surface area contributed by atoms with Gasteiger partial charge in [-0.3, -0.25) is 10.7 Å². The number of hydrogen-bond donors (Lipinski definition) is 2. The molecule has 0 radical (unpaired) electrons. The molecule has 1 heterocycles. The smallest absolute Gasteiger partial charge is 0.243 e. The maximum Gasteiger partial charge on any atom is 0.243 e. The van der Waals surface area contributed by atoms with Gasteiger partial charge in [0.25, 0.3) is 0 Å². The van der Waals surface area contributed by atoms with Gasteiger partial charge in [0.05, 0.1) is 0 Å². The van der Waals surface area contributed by atoms with Crippen LogP contribution in [-0.2, 0) is 4.74 Å². The summed E-state index contributed by atoms with van der Waals surface area (Å²) in [5.74, 6) is 0.626. The van der Waals surface area contributed by atoms with Crippen LogP contribution in [0.3, 0.4) is 0 Å². The van der Waals surface area contributed by atoms with Gasteiger partial charge in [-0.2, -0.15) is 0 Å². The Balaban J connectivity index is 2.07. The Morgan fingerprint density at radius 1 is 1.18 bits per heavy atom. The number of nitrogens with one attached hydrogen (secondary N) is 2. The number of hydrazone groups is 1. The van der Waals surface area contributed by atoms with Gasteiger partial charge in [0.1, 0.15) is 0 Å². The van der Waals surface area contributed by atoms with Crippen molar-refractivity contribution in [3.8, 4) is 0 Å². The van der Waals surface area contributed by atoms with Crippen molar-refractivity contribution in [2.75, 3.05) is 7.05 Å². The minimum absolute atomic E-state index is 0.246. The standard InChI is InChI=1S/C13H13N3O/c1-14-13-16-15-12(17-13)11-8-4-6-9-5-2-3-7-10(9)11/h2-8,13-14,16H,1H3. The van der Waals surface area contributed by atoms with Crippen molar-refractivity contribution in [1.82, 2.24) is 10.7 Å². The number of fused-ring (bicyclic) bond motifs is 1. The van der Waals surface area contributed by atoms with Crippen molar-refractivity contribution < 1.29 is 4.74 Å². The predicted molar refractivity (Wildman–Crippen MR) is 67.6 cm³/mol. The van der Waals surface area contributed by atoms with E-state index in [0.717, 1.165) is 10.9 Å². The molecule has 3 rings (SSSR count). The maximum atomic E-state index is 5.63. The van der Waals surface area contributed by atoms with Crippen LogP contribution in [0.1, 0.15) is 5.56 Å².